The van der Waals surface area contributed by atoms with Crippen LogP contribution in [-0.4, -0.2) is 25.5 Å². The summed E-state index contributed by atoms with van der Waals surface area (Å²) in [4.78, 5) is 11.6. The van der Waals surface area contributed by atoms with Crippen molar-refractivity contribution in [1.82, 2.24) is 4.72 Å². The van der Waals surface area contributed by atoms with Gasteiger partial charge in [-0.15, -0.1) is 0 Å². The van der Waals surface area contributed by atoms with Crippen molar-refractivity contribution in [3.05, 3.63) is 78.4 Å². The highest BCUT2D eigenvalue weighted by atomic mass is 32.2. The van der Waals surface area contributed by atoms with E-state index in [0.29, 0.717) is 6.42 Å². The third-order valence-corrected chi connectivity index (χ3v) is 5.66. The number of rotatable bonds is 7. The van der Waals surface area contributed by atoms with Crippen LogP contribution in [0, 0.1) is 0 Å². The lowest BCUT2D eigenvalue weighted by atomic mass is 10.1. The lowest BCUT2D eigenvalue weighted by Gasteiger charge is -2.15. The Morgan fingerprint density at radius 3 is 2.27 bits per heavy atom. The minimum absolute atomic E-state index is 0.0576. The highest BCUT2D eigenvalue weighted by Gasteiger charge is 2.25. The highest BCUT2D eigenvalue weighted by molar-refractivity contribution is 7.89. The van der Waals surface area contributed by atoms with Crippen LogP contribution in [0.25, 0.3) is 10.8 Å². The second-order valence-electron chi connectivity index (χ2n) is 6.05. The first-order valence-corrected chi connectivity index (χ1v) is 9.72. The van der Waals surface area contributed by atoms with Gasteiger partial charge < -0.3 is 5.11 Å². The Morgan fingerprint density at radius 2 is 1.58 bits per heavy atom. The molecule has 0 bridgehead atoms. The molecule has 2 N–H and O–H groups in total. The van der Waals surface area contributed by atoms with Gasteiger partial charge in [0, 0.05) is 0 Å². The molecule has 3 rings (SSSR count). The van der Waals surface area contributed by atoms with Crippen LogP contribution in [0.3, 0.4) is 0 Å². The molecule has 6 heteroatoms. The summed E-state index contributed by atoms with van der Waals surface area (Å²) in [6.45, 7) is 0. The molecule has 0 unspecified atom stereocenters. The Labute approximate surface area is 152 Å². The summed E-state index contributed by atoms with van der Waals surface area (Å²) in [5, 5.41) is 11.1. The van der Waals surface area contributed by atoms with Crippen LogP contribution < -0.4 is 4.72 Å². The van der Waals surface area contributed by atoms with Crippen molar-refractivity contribution >= 4 is 26.8 Å². The van der Waals surface area contributed by atoms with Crippen LogP contribution in [0.5, 0.6) is 0 Å². The van der Waals surface area contributed by atoms with Crippen LogP contribution in [0.2, 0.25) is 0 Å². The standard InChI is InChI=1S/C20H19NO4S/c22-20(23)19(13-10-15-6-2-1-3-7-15)21-26(24,25)18-12-11-16-8-4-5-9-17(16)14-18/h1-9,11-12,14,19,21H,10,13H2,(H,22,23)/t19-/m1/s1. The van der Waals surface area contributed by atoms with Crippen molar-refractivity contribution in [2.24, 2.45) is 0 Å². The molecule has 3 aromatic rings. The first kappa shape index (κ1) is 18.1. The first-order chi connectivity index (χ1) is 12.5. The van der Waals surface area contributed by atoms with Crippen molar-refractivity contribution in [2.45, 2.75) is 23.8 Å². The molecule has 0 aliphatic heterocycles. The lowest BCUT2D eigenvalue weighted by molar-refractivity contribution is -0.139. The molecular weight excluding hydrogens is 350 g/mol. The maximum atomic E-state index is 12.6. The molecule has 1 atom stereocenters. The predicted octanol–water partition coefficient (Wildman–Crippen LogP) is 3.20. The van der Waals surface area contributed by atoms with Crippen LogP contribution in [-0.2, 0) is 21.2 Å². The zero-order valence-electron chi connectivity index (χ0n) is 14.0. The van der Waals surface area contributed by atoms with Gasteiger partial charge in [0.25, 0.3) is 0 Å². The van der Waals surface area contributed by atoms with Gasteiger partial charge in [-0.05, 0) is 41.3 Å². The van der Waals surface area contributed by atoms with Crippen LogP contribution in [0.4, 0.5) is 0 Å². The minimum Gasteiger partial charge on any atom is -0.480 e. The molecule has 0 saturated heterocycles. The molecule has 134 valence electrons. The molecule has 0 radical (unpaired) electrons. The fraction of sp³-hybridized carbons (Fsp3) is 0.150. The Morgan fingerprint density at radius 1 is 0.923 bits per heavy atom. The van der Waals surface area contributed by atoms with Crippen LogP contribution >= 0.6 is 0 Å². The molecule has 5 nitrogen and oxygen atoms in total. The van der Waals surface area contributed by atoms with E-state index in [0.717, 1.165) is 16.3 Å². The van der Waals surface area contributed by atoms with Crippen molar-refractivity contribution < 1.29 is 18.3 Å². The molecule has 0 aliphatic rings. The van der Waals surface area contributed by atoms with E-state index in [2.05, 4.69) is 4.72 Å². The summed E-state index contributed by atoms with van der Waals surface area (Å²) in [5.41, 5.74) is 0.962. The highest BCUT2D eigenvalue weighted by Crippen LogP contribution is 2.19. The molecule has 0 aromatic heterocycles. The summed E-state index contributed by atoms with van der Waals surface area (Å²) < 4.78 is 27.6. The average Bonchev–Trinajstić information content (AvgIpc) is 2.65. The number of fused-ring (bicyclic) bond motifs is 1. The lowest BCUT2D eigenvalue weighted by Crippen LogP contribution is -2.41. The fourth-order valence-electron chi connectivity index (χ4n) is 2.78. The predicted molar refractivity (Wildman–Crippen MR) is 100 cm³/mol. The van der Waals surface area contributed by atoms with Gasteiger partial charge in [-0.2, -0.15) is 4.72 Å². The molecule has 0 fully saturated rings. The Hall–Kier alpha value is -2.70. The first-order valence-electron chi connectivity index (χ1n) is 8.23. The Balaban J connectivity index is 1.79. The summed E-state index contributed by atoms with van der Waals surface area (Å²) >= 11 is 0. The van der Waals surface area contributed by atoms with Gasteiger partial charge in [0.15, 0.2) is 0 Å². The monoisotopic (exact) mass is 369 g/mol. The number of nitrogens with one attached hydrogen (secondary N) is 1. The number of aryl methyl sites for hydroxylation is 1. The van der Waals surface area contributed by atoms with Crippen LogP contribution in [0.15, 0.2) is 77.7 Å². The number of sulfonamides is 1. The van der Waals surface area contributed by atoms with Gasteiger partial charge in [0.2, 0.25) is 10.0 Å². The zero-order chi connectivity index (χ0) is 18.6. The minimum atomic E-state index is -3.93. The van der Waals surface area contributed by atoms with Gasteiger partial charge in [-0.1, -0.05) is 60.7 Å². The van der Waals surface area contributed by atoms with Crippen molar-refractivity contribution in [3.63, 3.8) is 0 Å². The van der Waals surface area contributed by atoms with Gasteiger partial charge >= 0.3 is 5.97 Å². The molecule has 0 saturated carbocycles. The maximum absolute atomic E-state index is 12.6. The number of hydrogen-bond donors (Lipinski definition) is 2. The summed E-state index contributed by atoms with van der Waals surface area (Å²) in [6, 6.07) is 20.3. The van der Waals surface area contributed by atoms with Gasteiger partial charge in [0.05, 0.1) is 4.90 Å². The third kappa shape index (κ3) is 4.28. The SMILES string of the molecule is O=C(O)[C@@H](CCc1ccccc1)NS(=O)(=O)c1ccc2ccccc2c1. The number of hydrogen-bond acceptors (Lipinski definition) is 3. The van der Waals surface area contributed by atoms with E-state index in [9.17, 15) is 18.3 Å². The summed E-state index contributed by atoms with van der Waals surface area (Å²) in [6.07, 6.45) is 0.643. The zero-order valence-corrected chi connectivity index (χ0v) is 14.8. The topological polar surface area (TPSA) is 83.5 Å². The van der Waals surface area contributed by atoms with Gasteiger partial charge in [-0.25, -0.2) is 8.42 Å². The molecule has 0 aliphatic carbocycles. The molecular formula is C20H19NO4S. The van der Waals surface area contributed by atoms with E-state index in [-0.39, 0.29) is 11.3 Å². The number of carboxylic acid groups (broad SMARTS) is 1. The van der Waals surface area contributed by atoms with E-state index in [1.54, 1.807) is 12.1 Å². The van der Waals surface area contributed by atoms with Crippen molar-refractivity contribution in [3.8, 4) is 0 Å². The number of carbonyl (C=O) groups is 1. The number of benzene rings is 3. The number of carboxylic acids is 1. The number of aliphatic carboxylic acids is 1. The third-order valence-electron chi connectivity index (χ3n) is 4.19. The van der Waals surface area contributed by atoms with E-state index >= 15 is 0 Å². The van der Waals surface area contributed by atoms with Crippen molar-refractivity contribution in [1.29, 1.82) is 0 Å². The summed E-state index contributed by atoms with van der Waals surface area (Å²) in [5.74, 6) is -1.19. The molecule has 0 spiro atoms. The average molecular weight is 369 g/mol. The second-order valence-corrected chi connectivity index (χ2v) is 7.76. The molecule has 0 amide bonds. The summed E-state index contributed by atoms with van der Waals surface area (Å²) in [7, 11) is -3.93. The normalized spacial score (nSPS) is 12.8. The largest absolute Gasteiger partial charge is 0.480 e. The smallest absolute Gasteiger partial charge is 0.321 e. The van der Waals surface area contributed by atoms with Crippen molar-refractivity contribution in [2.75, 3.05) is 0 Å². The second kappa shape index (κ2) is 7.68. The van der Waals surface area contributed by atoms with Gasteiger partial charge in [0.1, 0.15) is 6.04 Å². The molecule has 26 heavy (non-hydrogen) atoms. The van der Waals surface area contributed by atoms with Crippen LogP contribution in [0.1, 0.15) is 12.0 Å². The molecule has 3 aromatic carbocycles. The Bertz CT molecular complexity index is 1020. The maximum Gasteiger partial charge on any atom is 0.321 e. The van der Waals surface area contributed by atoms with Gasteiger partial charge in [-0.3, -0.25) is 4.79 Å². The van der Waals surface area contributed by atoms with E-state index in [4.69, 9.17) is 0 Å². The molecule has 0 heterocycles. The quantitative estimate of drug-likeness (QED) is 0.670. The Kier molecular flexibility index (Phi) is 5.35. The van der Waals surface area contributed by atoms with E-state index in [1.165, 1.54) is 6.07 Å². The van der Waals surface area contributed by atoms with E-state index < -0.39 is 22.0 Å². The fourth-order valence-corrected chi connectivity index (χ4v) is 4.04. The van der Waals surface area contributed by atoms with E-state index in [1.807, 2.05) is 54.6 Å².